The van der Waals surface area contributed by atoms with Crippen LogP contribution in [0.15, 0.2) is 104 Å². The number of rotatable bonds is 10. The van der Waals surface area contributed by atoms with Crippen LogP contribution in [0.2, 0.25) is 0 Å². The minimum Gasteiger partial charge on any atom is -0.495 e. The van der Waals surface area contributed by atoms with Gasteiger partial charge in [0.1, 0.15) is 29.7 Å². The highest BCUT2D eigenvalue weighted by Gasteiger charge is 2.34. The number of anilines is 2. The van der Waals surface area contributed by atoms with Crippen molar-refractivity contribution in [3.05, 3.63) is 149 Å². The average Bonchev–Trinajstić information content (AvgIpc) is 3.78. The molecule has 2 aromatic carbocycles. The summed E-state index contributed by atoms with van der Waals surface area (Å²) in [5.74, 6) is -0.0253. The van der Waals surface area contributed by atoms with Crippen LogP contribution >= 0.6 is 31.9 Å². The van der Waals surface area contributed by atoms with Crippen molar-refractivity contribution in [3.8, 4) is 22.9 Å². The standard InChI is InChI=1S/C19H17BrFN5O4S.C16H15BrFNO2.C7H8N4O4S/c1-30-17-9-13(20)14(21)10-16(17)26-15-6-8-25(11-12(15)4-5-19(26)27)31(28,29)24-18-3-2-7-22-23-18;1-21-15-8-11(17)12(18)9-14(15)19-13-5-3-2-4-10(13)6-7-16(19)20;12-7-11(4-5-15-7)16(13,14)10-6-2-1-3-8-9-6/h2-5,7,9-10H,6,8,11H2,1H3,(H,23,24);6-9H,2-5H2,1H3;1-3H,4-5H2,(H,9,10). The molecule has 6 heterocycles. The molecule has 0 radical (unpaired) electrons. The molecule has 0 spiro atoms. The Hall–Kier alpha value is -6.35. The van der Waals surface area contributed by atoms with Gasteiger partial charge < -0.3 is 14.2 Å². The van der Waals surface area contributed by atoms with E-state index in [1.54, 1.807) is 28.8 Å². The van der Waals surface area contributed by atoms with Crippen molar-refractivity contribution in [1.82, 2.24) is 38.1 Å². The van der Waals surface area contributed by atoms with Gasteiger partial charge in [-0.15, -0.1) is 10.2 Å². The lowest BCUT2D eigenvalue weighted by Crippen LogP contribution is -2.41. The number of cyclic esters (lactones) is 1. The minimum atomic E-state index is -3.96. The second kappa shape index (κ2) is 21.3. The highest BCUT2D eigenvalue weighted by molar-refractivity contribution is 9.10. The van der Waals surface area contributed by atoms with Crippen LogP contribution in [0.4, 0.5) is 25.2 Å². The van der Waals surface area contributed by atoms with Gasteiger partial charge in [-0.3, -0.25) is 23.4 Å². The topological polar surface area (TPSA) is 239 Å². The Labute approximate surface area is 404 Å². The fourth-order valence-corrected chi connectivity index (χ4v) is 10.2. The SMILES string of the molecule is COc1cc(Br)c(F)cc1-n1c2c(ccc1=O)CCCC2.COc1cc(Br)c(F)cc1-n1c2c(ccc1=O)CN(S(=O)(=O)Nc1cccnn1)CC2.O=C1OCCN1S(=O)(=O)Nc1cccnn1. The zero-order valence-corrected chi connectivity index (χ0v) is 40.7. The van der Waals surface area contributed by atoms with E-state index >= 15 is 0 Å². The van der Waals surface area contributed by atoms with Gasteiger partial charge in [0.2, 0.25) is 0 Å². The van der Waals surface area contributed by atoms with E-state index in [2.05, 4.69) is 66.4 Å². The van der Waals surface area contributed by atoms with Gasteiger partial charge in [-0.1, -0.05) is 12.1 Å². The fraction of sp³-hybridized carbons (Fsp3) is 0.262. The van der Waals surface area contributed by atoms with Crippen LogP contribution in [0, 0.1) is 11.6 Å². The Bertz CT molecular complexity index is 3190. The molecule has 1 fully saturated rings. The van der Waals surface area contributed by atoms with Crippen LogP contribution < -0.4 is 30.0 Å². The molecule has 1 saturated heterocycles. The monoisotopic (exact) mass is 1100 g/mol. The number of fused-ring (bicyclic) bond motifs is 2. The van der Waals surface area contributed by atoms with Gasteiger partial charge in [0.25, 0.3) is 11.1 Å². The van der Waals surface area contributed by atoms with Gasteiger partial charge >= 0.3 is 26.5 Å². The summed E-state index contributed by atoms with van der Waals surface area (Å²) in [4.78, 5) is 36.1. The molecule has 358 valence electrons. The van der Waals surface area contributed by atoms with Gasteiger partial charge in [0, 0.05) is 67.6 Å². The summed E-state index contributed by atoms with van der Waals surface area (Å²) >= 11 is 6.26. The summed E-state index contributed by atoms with van der Waals surface area (Å²) in [5, 5.41) is 14.4. The van der Waals surface area contributed by atoms with Crippen molar-refractivity contribution in [2.45, 2.75) is 38.6 Å². The Morgan fingerprint density at radius 1 is 0.662 bits per heavy atom. The van der Waals surface area contributed by atoms with Gasteiger partial charge in [-0.05, 0) is 105 Å². The van der Waals surface area contributed by atoms with Crippen molar-refractivity contribution < 1.29 is 44.6 Å². The Morgan fingerprint density at radius 3 is 1.68 bits per heavy atom. The normalized spacial score (nSPS) is 14.5. The molecule has 3 aliphatic rings. The lowest BCUT2D eigenvalue weighted by Gasteiger charge is -2.30. The Kier molecular flexibility index (Phi) is 15.5. The molecule has 0 atom stereocenters. The molecule has 1 amide bonds. The molecular weight excluding hydrogens is 1070 g/mol. The predicted octanol–water partition coefficient (Wildman–Crippen LogP) is 5.46. The fourth-order valence-electron chi connectivity index (χ4n) is 7.40. The number of pyridine rings is 2. The lowest BCUT2D eigenvalue weighted by atomic mass is 9.95. The summed E-state index contributed by atoms with van der Waals surface area (Å²) in [6, 6.07) is 17.9. The number of hydrogen-bond acceptors (Lipinski definition) is 14. The molecule has 4 aromatic heterocycles. The van der Waals surface area contributed by atoms with Gasteiger partial charge in [-0.25, -0.2) is 18.3 Å². The van der Waals surface area contributed by atoms with Crippen molar-refractivity contribution in [2.24, 2.45) is 0 Å². The summed E-state index contributed by atoms with van der Waals surface area (Å²) in [5.41, 5.74) is 3.53. The number of benzene rings is 2. The zero-order valence-electron chi connectivity index (χ0n) is 35.9. The molecular formula is C42H40Br2F2N10O10S2. The van der Waals surface area contributed by atoms with Crippen molar-refractivity contribution in [2.75, 3.05) is 43.4 Å². The molecule has 6 aromatic rings. The number of halogens is 4. The van der Waals surface area contributed by atoms with Crippen LogP contribution in [0.1, 0.15) is 35.4 Å². The first-order valence-electron chi connectivity index (χ1n) is 20.4. The molecule has 20 nitrogen and oxygen atoms in total. The molecule has 2 N–H and O–H groups in total. The maximum absolute atomic E-state index is 14.2. The van der Waals surface area contributed by atoms with E-state index < -0.39 is 38.1 Å². The highest BCUT2D eigenvalue weighted by atomic mass is 79.9. The maximum Gasteiger partial charge on any atom is 0.425 e. The number of amides is 1. The van der Waals surface area contributed by atoms with E-state index in [1.807, 2.05) is 6.07 Å². The van der Waals surface area contributed by atoms with Crippen molar-refractivity contribution in [1.29, 1.82) is 0 Å². The van der Waals surface area contributed by atoms with E-state index in [1.165, 1.54) is 78.0 Å². The van der Waals surface area contributed by atoms with Crippen LogP contribution in [-0.2, 0) is 51.0 Å². The smallest absolute Gasteiger partial charge is 0.425 e. The third-order valence-corrected chi connectivity index (χ3v) is 14.6. The third kappa shape index (κ3) is 11.2. The van der Waals surface area contributed by atoms with E-state index in [4.69, 9.17) is 9.47 Å². The first-order chi connectivity index (χ1) is 32.5. The summed E-state index contributed by atoms with van der Waals surface area (Å²) in [7, 11) is -4.90. The van der Waals surface area contributed by atoms with Crippen molar-refractivity contribution in [3.63, 3.8) is 0 Å². The van der Waals surface area contributed by atoms with Crippen LogP contribution in [0.3, 0.4) is 0 Å². The number of hydrogen-bond donors (Lipinski definition) is 2. The number of aryl methyl sites for hydroxylation is 1. The molecule has 9 rings (SSSR count). The maximum atomic E-state index is 14.2. The number of carbonyl (C=O) groups excluding carboxylic acids is 1. The highest BCUT2D eigenvalue weighted by Crippen LogP contribution is 2.33. The number of carbonyl (C=O) groups is 1. The molecule has 0 saturated carbocycles. The van der Waals surface area contributed by atoms with Crippen LogP contribution in [0.5, 0.6) is 11.5 Å². The quantitative estimate of drug-likeness (QED) is 0.173. The second-order valence-electron chi connectivity index (χ2n) is 14.7. The third-order valence-electron chi connectivity index (χ3n) is 10.5. The summed E-state index contributed by atoms with van der Waals surface area (Å²) < 4.78 is 102. The van der Waals surface area contributed by atoms with Gasteiger partial charge in [-0.2, -0.15) is 35.6 Å². The largest absolute Gasteiger partial charge is 0.495 e. The zero-order chi connectivity index (χ0) is 48.8. The molecule has 26 heteroatoms. The number of methoxy groups -OCH3 is 2. The average molecular weight is 1110 g/mol. The Morgan fingerprint density at radius 2 is 1.18 bits per heavy atom. The van der Waals surface area contributed by atoms with E-state index in [9.17, 15) is 40.0 Å². The van der Waals surface area contributed by atoms with Crippen molar-refractivity contribution >= 4 is 70.0 Å². The second-order valence-corrected chi connectivity index (χ2v) is 19.7. The summed E-state index contributed by atoms with van der Waals surface area (Å²) in [6.45, 7) is 0.203. The van der Waals surface area contributed by atoms with E-state index in [0.29, 0.717) is 37.2 Å². The minimum absolute atomic E-state index is 0.00553. The van der Waals surface area contributed by atoms with E-state index in [-0.39, 0.29) is 65.6 Å². The van der Waals surface area contributed by atoms with Gasteiger partial charge in [0.05, 0.1) is 41.1 Å². The number of nitrogens with zero attached hydrogens (tertiary/aromatic N) is 8. The number of nitrogens with one attached hydrogen (secondary N) is 2. The first kappa shape index (κ1) is 49.6. The number of aromatic nitrogens is 6. The summed E-state index contributed by atoms with van der Waals surface area (Å²) in [6.07, 6.45) is 6.14. The van der Waals surface area contributed by atoms with Gasteiger partial charge in [0.15, 0.2) is 11.6 Å². The number of ether oxygens (including phenoxy) is 3. The molecule has 0 unspecified atom stereocenters. The first-order valence-corrected chi connectivity index (χ1v) is 24.8. The Balaban J connectivity index is 0.000000161. The predicted molar refractivity (Wildman–Crippen MR) is 250 cm³/mol. The molecule has 2 aliphatic heterocycles. The molecule has 0 bridgehead atoms. The lowest BCUT2D eigenvalue weighted by molar-refractivity contribution is 0.170. The molecule has 68 heavy (non-hydrogen) atoms. The van der Waals surface area contributed by atoms with Crippen LogP contribution in [-0.4, -0.2) is 95.0 Å². The van der Waals surface area contributed by atoms with E-state index in [0.717, 1.165) is 36.9 Å². The van der Waals surface area contributed by atoms with Crippen LogP contribution in [0.25, 0.3) is 11.4 Å². The molecule has 1 aliphatic carbocycles.